The number of hydrogen-bond acceptors (Lipinski definition) is 4. The van der Waals surface area contributed by atoms with Crippen molar-refractivity contribution in [3.8, 4) is 11.5 Å². The van der Waals surface area contributed by atoms with E-state index in [0.717, 1.165) is 36.8 Å². The number of Topliss-reactive ketones (excluding diaryl/α,β-unsaturated/α-hetero) is 1. The summed E-state index contributed by atoms with van der Waals surface area (Å²) in [5.41, 5.74) is 2.61. The van der Waals surface area contributed by atoms with Gasteiger partial charge >= 0.3 is 0 Å². The number of piperidine rings is 1. The van der Waals surface area contributed by atoms with Gasteiger partial charge in [-0.3, -0.25) is 9.69 Å². The molecule has 5 heteroatoms. The highest BCUT2D eigenvalue weighted by Crippen LogP contribution is 2.64. The number of ether oxygens (including phenoxy) is 2. The zero-order valence-corrected chi connectivity index (χ0v) is 17.6. The van der Waals surface area contributed by atoms with Crippen LogP contribution in [0.3, 0.4) is 0 Å². The van der Waals surface area contributed by atoms with Crippen LogP contribution in [0.1, 0.15) is 50.2 Å². The molecule has 2 saturated carbocycles. The van der Waals surface area contributed by atoms with Crippen molar-refractivity contribution >= 4 is 18.2 Å². The topological polar surface area (TPSA) is 38.8 Å². The summed E-state index contributed by atoms with van der Waals surface area (Å²) >= 11 is 0. The molecular weight excluding hydrogens is 374 g/mol. The summed E-state index contributed by atoms with van der Waals surface area (Å²) in [5, 5.41) is 0. The molecule has 1 aromatic carbocycles. The van der Waals surface area contributed by atoms with Crippen LogP contribution >= 0.6 is 12.4 Å². The van der Waals surface area contributed by atoms with E-state index >= 15 is 0 Å². The third-order valence-electron chi connectivity index (χ3n) is 8.46. The number of rotatable bonds is 3. The van der Waals surface area contributed by atoms with Gasteiger partial charge in [0.25, 0.3) is 0 Å². The average molecular weight is 404 g/mol. The maximum atomic E-state index is 13.1. The predicted octanol–water partition coefficient (Wildman–Crippen LogP) is 3.77. The van der Waals surface area contributed by atoms with E-state index in [4.69, 9.17) is 9.47 Å². The molecule has 1 aromatic rings. The highest BCUT2D eigenvalue weighted by atomic mass is 35.5. The van der Waals surface area contributed by atoms with Gasteiger partial charge in [-0.25, -0.2) is 0 Å². The van der Waals surface area contributed by atoms with Gasteiger partial charge in [-0.1, -0.05) is 19.4 Å². The van der Waals surface area contributed by atoms with Gasteiger partial charge in [0, 0.05) is 30.0 Å². The zero-order valence-electron chi connectivity index (χ0n) is 16.8. The maximum Gasteiger partial charge on any atom is 0.174 e. The van der Waals surface area contributed by atoms with Gasteiger partial charge in [-0.15, -0.1) is 12.4 Å². The first kappa shape index (κ1) is 18.7. The van der Waals surface area contributed by atoms with E-state index in [9.17, 15) is 4.79 Å². The van der Waals surface area contributed by atoms with E-state index in [1.807, 2.05) is 6.07 Å². The van der Waals surface area contributed by atoms with Gasteiger partial charge < -0.3 is 9.47 Å². The third kappa shape index (κ3) is 2.19. The largest absolute Gasteiger partial charge is 0.493 e. The number of likely N-dealkylation sites (tertiary alicyclic amines) is 1. The predicted molar refractivity (Wildman–Crippen MR) is 110 cm³/mol. The Morgan fingerprint density at radius 3 is 2.82 bits per heavy atom. The van der Waals surface area contributed by atoms with Crippen molar-refractivity contribution in [3.63, 3.8) is 0 Å². The second kappa shape index (κ2) is 6.37. The molecule has 0 aromatic heterocycles. The Balaban J connectivity index is 0.00000171. The molecule has 5 aliphatic rings. The summed E-state index contributed by atoms with van der Waals surface area (Å²) in [6.07, 6.45) is 6.72. The number of methoxy groups -OCH3 is 1. The Bertz CT molecular complexity index is 822. The van der Waals surface area contributed by atoms with Crippen molar-refractivity contribution in [1.29, 1.82) is 0 Å². The van der Waals surface area contributed by atoms with Crippen LogP contribution in [-0.4, -0.2) is 43.0 Å². The van der Waals surface area contributed by atoms with Crippen LogP contribution in [0.25, 0.3) is 0 Å². The average Bonchev–Trinajstić information content (AvgIpc) is 2.96. The molecule has 1 saturated heterocycles. The Morgan fingerprint density at radius 1 is 1.29 bits per heavy atom. The molecule has 0 radical (unpaired) electrons. The second-order valence-corrected chi connectivity index (χ2v) is 9.66. The summed E-state index contributed by atoms with van der Waals surface area (Å²) in [6.45, 7) is 4.67. The first-order chi connectivity index (χ1) is 13.1. The van der Waals surface area contributed by atoms with Crippen molar-refractivity contribution in [2.45, 2.75) is 63.0 Å². The number of carbonyl (C=O) groups excluding carboxylic acids is 1. The molecule has 1 spiro atoms. The molecule has 6 rings (SSSR count). The molecule has 4 nitrogen and oxygen atoms in total. The van der Waals surface area contributed by atoms with E-state index in [1.165, 1.54) is 36.9 Å². The molecule has 0 unspecified atom stereocenters. The molecule has 0 amide bonds. The first-order valence-electron chi connectivity index (χ1n) is 10.8. The molecule has 2 aliphatic heterocycles. The molecule has 3 fully saturated rings. The number of benzene rings is 1. The summed E-state index contributed by atoms with van der Waals surface area (Å²) in [5.74, 6) is 3.82. The van der Waals surface area contributed by atoms with Crippen molar-refractivity contribution in [2.75, 3.05) is 20.2 Å². The normalized spacial score (nSPS) is 38.1. The van der Waals surface area contributed by atoms with Crippen LogP contribution in [0.5, 0.6) is 11.5 Å². The van der Waals surface area contributed by atoms with Crippen molar-refractivity contribution in [1.82, 2.24) is 4.90 Å². The van der Waals surface area contributed by atoms with Crippen LogP contribution in [0.15, 0.2) is 12.1 Å². The van der Waals surface area contributed by atoms with E-state index in [-0.39, 0.29) is 23.9 Å². The lowest BCUT2D eigenvalue weighted by molar-refractivity contribution is -0.144. The van der Waals surface area contributed by atoms with Crippen LogP contribution < -0.4 is 9.47 Å². The molecule has 5 atom stereocenters. The quantitative estimate of drug-likeness (QED) is 0.770. The van der Waals surface area contributed by atoms with E-state index < -0.39 is 0 Å². The highest BCUT2D eigenvalue weighted by molar-refractivity contribution is 5.89. The zero-order chi connectivity index (χ0) is 18.3. The first-order valence-corrected chi connectivity index (χ1v) is 10.8. The number of halogens is 1. The summed E-state index contributed by atoms with van der Waals surface area (Å²) < 4.78 is 12.0. The third-order valence-corrected chi connectivity index (χ3v) is 8.46. The Morgan fingerprint density at radius 2 is 2.11 bits per heavy atom. The molecule has 3 aliphatic carbocycles. The van der Waals surface area contributed by atoms with Crippen molar-refractivity contribution in [3.05, 3.63) is 23.3 Å². The lowest BCUT2D eigenvalue weighted by Gasteiger charge is -2.60. The van der Waals surface area contributed by atoms with Gasteiger partial charge in [0.2, 0.25) is 0 Å². The van der Waals surface area contributed by atoms with Crippen LogP contribution in [-0.2, 0) is 16.6 Å². The SMILES string of the molecule is COc1ccc2c3c1O[C@H]1C(=O)C[C@H](C)[C@H]4[C@@H](C2)N(CC2CCC2)CC[C@@]341.Cl. The Kier molecular flexibility index (Phi) is 4.26. The summed E-state index contributed by atoms with van der Waals surface area (Å²) in [6, 6.07) is 4.84. The second-order valence-electron chi connectivity index (χ2n) is 9.66. The number of hydrogen-bond donors (Lipinski definition) is 0. The highest BCUT2D eigenvalue weighted by Gasteiger charge is 2.67. The van der Waals surface area contributed by atoms with Gasteiger partial charge in [0.1, 0.15) is 0 Å². The molecule has 152 valence electrons. The van der Waals surface area contributed by atoms with Crippen LogP contribution in [0.2, 0.25) is 0 Å². The lowest BCUT2D eigenvalue weighted by Crippen LogP contribution is -2.68. The van der Waals surface area contributed by atoms with Gasteiger partial charge in [-0.2, -0.15) is 0 Å². The number of nitrogens with zero attached hydrogens (tertiary/aromatic N) is 1. The maximum absolute atomic E-state index is 13.1. The van der Waals surface area contributed by atoms with Crippen molar-refractivity contribution < 1.29 is 14.3 Å². The Hall–Kier alpha value is -1.26. The summed E-state index contributed by atoms with van der Waals surface area (Å²) in [4.78, 5) is 15.9. The molecule has 2 heterocycles. The molecular formula is C23H30ClNO3. The minimum atomic E-state index is -0.294. The van der Waals surface area contributed by atoms with E-state index in [1.54, 1.807) is 7.11 Å². The van der Waals surface area contributed by atoms with Crippen LogP contribution in [0, 0.1) is 17.8 Å². The van der Waals surface area contributed by atoms with Crippen molar-refractivity contribution in [2.24, 2.45) is 17.8 Å². The molecule has 0 N–H and O–H groups in total. The van der Waals surface area contributed by atoms with Gasteiger partial charge in [0.05, 0.1) is 7.11 Å². The lowest BCUT2D eigenvalue weighted by atomic mass is 9.49. The number of ketones is 1. The smallest absolute Gasteiger partial charge is 0.174 e. The summed E-state index contributed by atoms with van der Waals surface area (Å²) in [7, 11) is 1.70. The van der Waals surface area contributed by atoms with Gasteiger partial charge in [-0.05, 0) is 61.6 Å². The van der Waals surface area contributed by atoms with E-state index in [2.05, 4.69) is 17.9 Å². The monoisotopic (exact) mass is 403 g/mol. The fraction of sp³-hybridized carbons (Fsp3) is 0.696. The minimum absolute atomic E-state index is 0. The fourth-order valence-corrected chi connectivity index (χ4v) is 7.25. The standard InChI is InChI=1S/C23H29NO3.ClH/c1-13-10-17(25)22-23-8-9-24(12-14-4-3-5-14)16(19(13)23)11-15-6-7-18(26-2)21(27-22)20(15)23;/h6-7,13-14,16,19,22H,3-5,8-12H2,1-2H3;1H/t13-,16+,19-,22-,23-;/m0./s1. The van der Waals surface area contributed by atoms with E-state index in [0.29, 0.717) is 30.1 Å². The minimum Gasteiger partial charge on any atom is -0.493 e. The molecule has 2 bridgehead atoms. The fourth-order valence-electron chi connectivity index (χ4n) is 7.25. The molecule has 28 heavy (non-hydrogen) atoms. The van der Waals surface area contributed by atoms with Crippen LogP contribution in [0.4, 0.5) is 0 Å². The number of carbonyl (C=O) groups is 1. The van der Waals surface area contributed by atoms with Gasteiger partial charge in [0.15, 0.2) is 23.4 Å². The Labute approximate surface area is 173 Å².